The summed E-state index contributed by atoms with van der Waals surface area (Å²) in [5.74, 6) is 0.689. The Bertz CT molecular complexity index is 840. The first-order chi connectivity index (χ1) is 14.7. The molecule has 1 saturated heterocycles. The van der Waals surface area contributed by atoms with Gasteiger partial charge in [-0.2, -0.15) is 0 Å². The van der Waals surface area contributed by atoms with Gasteiger partial charge in [0, 0.05) is 12.7 Å². The SMILES string of the molecule is CC(C)(C)[Si](C)(C)O[C@@H]1C[C@@H](COc2cccnc2)N(C(=O)OCc2ccccc2)C1. The van der Waals surface area contributed by atoms with E-state index in [0.29, 0.717) is 18.9 Å². The van der Waals surface area contributed by atoms with E-state index in [1.54, 1.807) is 17.3 Å². The Kier molecular flexibility index (Phi) is 7.38. The number of nitrogens with zero attached hydrogens (tertiary/aromatic N) is 2. The van der Waals surface area contributed by atoms with Crippen LogP contribution < -0.4 is 4.74 Å². The van der Waals surface area contributed by atoms with E-state index in [9.17, 15) is 4.79 Å². The van der Waals surface area contributed by atoms with Crippen molar-refractivity contribution in [2.75, 3.05) is 13.2 Å². The number of rotatable bonds is 7. The van der Waals surface area contributed by atoms with Crippen molar-refractivity contribution < 1.29 is 18.7 Å². The Morgan fingerprint density at radius 3 is 2.55 bits per heavy atom. The second-order valence-electron chi connectivity index (χ2n) is 9.58. The topological polar surface area (TPSA) is 60.9 Å². The minimum Gasteiger partial charge on any atom is -0.490 e. The highest BCUT2D eigenvalue weighted by Crippen LogP contribution is 2.39. The summed E-state index contributed by atoms with van der Waals surface area (Å²) in [4.78, 5) is 18.8. The molecule has 7 heteroatoms. The van der Waals surface area contributed by atoms with Crippen LogP contribution in [-0.4, -0.2) is 49.6 Å². The molecule has 1 amide bonds. The van der Waals surface area contributed by atoms with Crippen LogP contribution in [0.15, 0.2) is 54.9 Å². The van der Waals surface area contributed by atoms with E-state index in [0.717, 1.165) is 12.0 Å². The number of likely N-dealkylation sites (tertiary alicyclic amines) is 1. The number of carbonyl (C=O) groups excluding carboxylic acids is 1. The first kappa shape index (κ1) is 23.3. The zero-order chi connectivity index (χ0) is 22.5. The van der Waals surface area contributed by atoms with E-state index in [2.05, 4.69) is 38.8 Å². The monoisotopic (exact) mass is 442 g/mol. The van der Waals surface area contributed by atoms with Gasteiger partial charge >= 0.3 is 6.09 Å². The van der Waals surface area contributed by atoms with Crippen molar-refractivity contribution in [3.8, 4) is 5.75 Å². The lowest BCUT2D eigenvalue weighted by atomic mass is 10.2. The summed E-state index contributed by atoms with van der Waals surface area (Å²) in [6, 6.07) is 13.3. The van der Waals surface area contributed by atoms with Gasteiger partial charge in [0.15, 0.2) is 8.32 Å². The molecule has 168 valence electrons. The molecule has 6 nitrogen and oxygen atoms in total. The van der Waals surface area contributed by atoms with Crippen LogP contribution >= 0.6 is 0 Å². The number of ether oxygens (including phenoxy) is 2. The van der Waals surface area contributed by atoms with Gasteiger partial charge in [0.05, 0.1) is 18.3 Å². The van der Waals surface area contributed by atoms with Crippen molar-refractivity contribution in [2.24, 2.45) is 0 Å². The van der Waals surface area contributed by atoms with E-state index in [1.165, 1.54) is 0 Å². The smallest absolute Gasteiger partial charge is 0.410 e. The Balaban J connectivity index is 1.67. The molecule has 0 unspecified atom stereocenters. The molecule has 1 aromatic carbocycles. The quantitative estimate of drug-likeness (QED) is 0.547. The first-order valence-corrected chi connectivity index (χ1v) is 13.7. The van der Waals surface area contributed by atoms with Gasteiger partial charge < -0.3 is 13.9 Å². The second-order valence-corrected chi connectivity index (χ2v) is 14.3. The van der Waals surface area contributed by atoms with Gasteiger partial charge in [-0.05, 0) is 42.2 Å². The molecule has 2 heterocycles. The summed E-state index contributed by atoms with van der Waals surface area (Å²) in [6.45, 7) is 12.3. The highest BCUT2D eigenvalue weighted by atomic mass is 28.4. The van der Waals surface area contributed by atoms with Crippen LogP contribution in [0.4, 0.5) is 4.79 Å². The van der Waals surface area contributed by atoms with Crippen LogP contribution in [0, 0.1) is 0 Å². The third-order valence-corrected chi connectivity index (χ3v) is 10.7. The summed E-state index contributed by atoms with van der Waals surface area (Å²) < 4.78 is 18.1. The maximum absolute atomic E-state index is 12.9. The molecule has 0 spiro atoms. The molecule has 1 aromatic heterocycles. The molecule has 1 aliphatic heterocycles. The normalized spacial score (nSPS) is 19.3. The van der Waals surface area contributed by atoms with Gasteiger partial charge in [-0.15, -0.1) is 0 Å². The molecule has 0 radical (unpaired) electrons. The molecule has 0 N–H and O–H groups in total. The Hall–Kier alpha value is -2.38. The van der Waals surface area contributed by atoms with Crippen LogP contribution in [0.2, 0.25) is 18.1 Å². The number of carbonyl (C=O) groups is 1. The van der Waals surface area contributed by atoms with E-state index in [1.807, 2.05) is 42.5 Å². The summed E-state index contributed by atoms with van der Waals surface area (Å²) in [7, 11) is -1.95. The molecular weight excluding hydrogens is 408 g/mol. The molecule has 2 aromatic rings. The maximum Gasteiger partial charge on any atom is 0.410 e. The lowest BCUT2D eigenvalue weighted by Gasteiger charge is -2.38. The minimum absolute atomic E-state index is 0.0207. The summed E-state index contributed by atoms with van der Waals surface area (Å²) in [6.07, 6.45) is 3.76. The van der Waals surface area contributed by atoms with Crippen molar-refractivity contribution in [3.05, 3.63) is 60.4 Å². The standard InChI is InChI=1S/C24H34N2O4Si/c1-24(2,3)31(4,5)30-22-14-20(18-28-21-12-9-13-25-15-21)26(16-22)23(27)29-17-19-10-7-6-8-11-19/h6-13,15,20,22H,14,16-18H2,1-5H3/t20-,22+/m0/s1. The van der Waals surface area contributed by atoms with E-state index in [4.69, 9.17) is 13.9 Å². The molecule has 1 aliphatic rings. The summed E-state index contributed by atoms with van der Waals surface area (Å²) >= 11 is 0. The molecular formula is C24H34N2O4Si. The van der Waals surface area contributed by atoms with Crippen LogP contribution in [0.1, 0.15) is 32.8 Å². The van der Waals surface area contributed by atoms with Gasteiger partial charge in [-0.3, -0.25) is 9.88 Å². The van der Waals surface area contributed by atoms with Crippen LogP contribution in [0.25, 0.3) is 0 Å². The van der Waals surface area contributed by atoms with Crippen molar-refractivity contribution >= 4 is 14.4 Å². The van der Waals surface area contributed by atoms with Crippen LogP contribution in [-0.2, 0) is 15.8 Å². The number of pyridine rings is 1. The average molecular weight is 443 g/mol. The number of hydrogen-bond acceptors (Lipinski definition) is 5. The van der Waals surface area contributed by atoms with Crippen LogP contribution in [0.3, 0.4) is 0 Å². The van der Waals surface area contributed by atoms with Gasteiger partial charge in [0.2, 0.25) is 0 Å². The lowest BCUT2D eigenvalue weighted by molar-refractivity contribution is 0.0800. The van der Waals surface area contributed by atoms with E-state index < -0.39 is 8.32 Å². The van der Waals surface area contributed by atoms with Crippen molar-refractivity contribution in [2.45, 2.75) is 64.1 Å². The lowest BCUT2D eigenvalue weighted by Crippen LogP contribution is -2.45. The fourth-order valence-electron chi connectivity index (χ4n) is 3.36. The molecule has 0 aliphatic carbocycles. The van der Waals surface area contributed by atoms with Gasteiger partial charge in [0.25, 0.3) is 0 Å². The predicted octanol–water partition coefficient (Wildman–Crippen LogP) is 5.26. The van der Waals surface area contributed by atoms with Crippen LogP contribution in [0.5, 0.6) is 5.75 Å². The van der Waals surface area contributed by atoms with Crippen molar-refractivity contribution in [3.63, 3.8) is 0 Å². The Labute approximate surface area is 186 Å². The van der Waals surface area contributed by atoms with E-state index >= 15 is 0 Å². The predicted molar refractivity (Wildman–Crippen MR) is 124 cm³/mol. The third-order valence-electron chi connectivity index (χ3n) is 6.16. The molecule has 0 saturated carbocycles. The number of benzene rings is 1. The van der Waals surface area contributed by atoms with Gasteiger partial charge in [-0.1, -0.05) is 51.1 Å². The van der Waals surface area contributed by atoms with Gasteiger partial charge in [-0.25, -0.2) is 4.79 Å². The zero-order valence-electron chi connectivity index (χ0n) is 19.2. The Morgan fingerprint density at radius 2 is 1.90 bits per heavy atom. The molecule has 3 rings (SSSR count). The molecule has 0 bridgehead atoms. The molecule has 2 atom stereocenters. The molecule has 1 fully saturated rings. The largest absolute Gasteiger partial charge is 0.490 e. The highest BCUT2D eigenvalue weighted by molar-refractivity contribution is 6.74. The molecule has 31 heavy (non-hydrogen) atoms. The van der Waals surface area contributed by atoms with Crippen molar-refractivity contribution in [1.82, 2.24) is 9.88 Å². The second kappa shape index (κ2) is 9.83. The number of aromatic nitrogens is 1. The number of hydrogen-bond donors (Lipinski definition) is 0. The summed E-state index contributed by atoms with van der Waals surface area (Å²) in [5, 5.41) is 0.107. The fraction of sp³-hybridized carbons (Fsp3) is 0.500. The average Bonchev–Trinajstić information content (AvgIpc) is 3.13. The van der Waals surface area contributed by atoms with Crippen molar-refractivity contribution in [1.29, 1.82) is 0 Å². The maximum atomic E-state index is 12.9. The fourth-order valence-corrected chi connectivity index (χ4v) is 4.72. The summed E-state index contributed by atoms with van der Waals surface area (Å²) in [5.41, 5.74) is 0.965. The van der Waals surface area contributed by atoms with E-state index in [-0.39, 0.29) is 29.9 Å². The third kappa shape index (κ3) is 6.30. The van der Waals surface area contributed by atoms with Gasteiger partial charge in [0.1, 0.15) is 19.0 Å². The Morgan fingerprint density at radius 1 is 1.16 bits per heavy atom. The number of amides is 1. The zero-order valence-corrected chi connectivity index (χ0v) is 20.2. The first-order valence-electron chi connectivity index (χ1n) is 10.8. The highest BCUT2D eigenvalue weighted by Gasteiger charge is 2.44. The minimum atomic E-state index is -1.95.